The molecule has 2 aliphatic rings. The molecule has 1 unspecified atom stereocenters. The van der Waals surface area contributed by atoms with Crippen LogP contribution in [0.1, 0.15) is 18.4 Å². The van der Waals surface area contributed by atoms with Crippen molar-refractivity contribution in [3.05, 3.63) is 42.1 Å². The number of benzene rings is 1. The molecule has 29 heavy (non-hydrogen) atoms. The molecule has 6 nitrogen and oxygen atoms in total. The molecular weight excluding hydrogens is 381 g/mol. The first-order valence-corrected chi connectivity index (χ1v) is 9.75. The third kappa shape index (κ3) is 3.62. The van der Waals surface area contributed by atoms with Crippen molar-refractivity contribution in [2.75, 3.05) is 36.4 Å². The number of aromatic nitrogens is 3. The van der Waals surface area contributed by atoms with Crippen molar-refractivity contribution in [2.45, 2.75) is 25.1 Å². The zero-order valence-electron chi connectivity index (χ0n) is 15.7. The van der Waals surface area contributed by atoms with Gasteiger partial charge in [0.1, 0.15) is 5.82 Å². The number of aromatic amines is 1. The van der Waals surface area contributed by atoms with Crippen LogP contribution in [-0.2, 0) is 6.18 Å². The Hall–Kier alpha value is -2.81. The standard InChI is InChI=1S/C20H21F3N6/c21-20(22,23)13-3-6-18(24-11-13)27-19-25-16-5-4-14(10-17(16)26-19)29-9-8-28-7-1-2-15(28)12-29/h3-6,10-11,15H,1-2,7-9,12H2,(H2,24,25,26,27). The molecule has 2 aromatic heterocycles. The van der Waals surface area contributed by atoms with Crippen LogP contribution < -0.4 is 10.2 Å². The highest BCUT2D eigenvalue weighted by molar-refractivity contribution is 5.82. The largest absolute Gasteiger partial charge is 0.417 e. The summed E-state index contributed by atoms with van der Waals surface area (Å²) in [7, 11) is 0. The molecule has 2 fully saturated rings. The van der Waals surface area contributed by atoms with Gasteiger partial charge in [0.25, 0.3) is 0 Å². The van der Waals surface area contributed by atoms with Gasteiger partial charge in [-0.25, -0.2) is 9.97 Å². The third-order valence-electron chi connectivity index (χ3n) is 5.76. The minimum atomic E-state index is -4.40. The summed E-state index contributed by atoms with van der Waals surface area (Å²) in [6.07, 6.45) is -1.04. The number of nitrogens with one attached hydrogen (secondary N) is 2. The summed E-state index contributed by atoms with van der Waals surface area (Å²) in [5.74, 6) is 0.750. The van der Waals surface area contributed by atoms with Crippen LogP contribution in [0, 0.1) is 0 Å². The number of fused-ring (bicyclic) bond motifs is 2. The van der Waals surface area contributed by atoms with E-state index in [2.05, 4.69) is 42.2 Å². The molecule has 0 aliphatic carbocycles. The number of imidazole rings is 1. The summed E-state index contributed by atoms with van der Waals surface area (Å²) in [6.45, 7) is 4.36. The van der Waals surface area contributed by atoms with Crippen molar-refractivity contribution in [2.24, 2.45) is 0 Å². The number of H-pyrrole nitrogens is 1. The lowest BCUT2D eigenvalue weighted by molar-refractivity contribution is -0.137. The van der Waals surface area contributed by atoms with Crippen LogP contribution >= 0.6 is 0 Å². The topological polar surface area (TPSA) is 60.1 Å². The van der Waals surface area contributed by atoms with E-state index < -0.39 is 11.7 Å². The molecule has 2 saturated heterocycles. The fourth-order valence-electron chi connectivity index (χ4n) is 4.24. The number of piperazine rings is 1. The van der Waals surface area contributed by atoms with Gasteiger partial charge in [0.05, 0.1) is 16.6 Å². The zero-order chi connectivity index (χ0) is 20.0. The van der Waals surface area contributed by atoms with Gasteiger partial charge in [-0.2, -0.15) is 13.2 Å². The molecule has 0 amide bonds. The lowest BCUT2D eigenvalue weighted by Gasteiger charge is -2.38. The van der Waals surface area contributed by atoms with Gasteiger partial charge in [-0.05, 0) is 49.7 Å². The first-order chi connectivity index (χ1) is 14.0. The zero-order valence-corrected chi connectivity index (χ0v) is 15.7. The Morgan fingerprint density at radius 3 is 2.79 bits per heavy atom. The molecule has 9 heteroatoms. The average molecular weight is 402 g/mol. The van der Waals surface area contributed by atoms with Crippen molar-refractivity contribution in [1.29, 1.82) is 0 Å². The number of halogens is 3. The Morgan fingerprint density at radius 2 is 2.00 bits per heavy atom. The van der Waals surface area contributed by atoms with E-state index in [1.165, 1.54) is 25.5 Å². The lowest BCUT2D eigenvalue weighted by Crippen LogP contribution is -2.50. The van der Waals surface area contributed by atoms with Gasteiger partial charge >= 0.3 is 6.18 Å². The second-order valence-electron chi connectivity index (χ2n) is 7.62. The smallest absolute Gasteiger partial charge is 0.369 e. The SMILES string of the molecule is FC(F)(F)c1ccc(Nc2nc3ccc(N4CCN5CCCC5C4)cc3[nH]2)nc1. The average Bonchev–Trinajstić information content (AvgIpc) is 3.32. The van der Waals surface area contributed by atoms with Crippen molar-refractivity contribution >= 4 is 28.5 Å². The van der Waals surface area contributed by atoms with Gasteiger partial charge in [0, 0.05) is 37.6 Å². The van der Waals surface area contributed by atoms with E-state index >= 15 is 0 Å². The molecule has 152 valence electrons. The Balaban J connectivity index is 1.33. The normalized spacial score (nSPS) is 20.2. The highest BCUT2D eigenvalue weighted by atomic mass is 19.4. The van der Waals surface area contributed by atoms with Crippen molar-refractivity contribution in [1.82, 2.24) is 19.9 Å². The Morgan fingerprint density at radius 1 is 1.10 bits per heavy atom. The second-order valence-corrected chi connectivity index (χ2v) is 7.62. The molecule has 3 aromatic rings. The molecule has 2 aliphatic heterocycles. The van der Waals surface area contributed by atoms with Crippen molar-refractivity contribution in [3.63, 3.8) is 0 Å². The van der Waals surface area contributed by atoms with E-state index in [0.717, 1.165) is 48.6 Å². The molecular formula is C20H21F3N6. The van der Waals surface area contributed by atoms with E-state index in [0.29, 0.717) is 17.8 Å². The first-order valence-electron chi connectivity index (χ1n) is 9.75. The molecule has 1 atom stereocenters. The molecule has 0 spiro atoms. The Bertz CT molecular complexity index is 1010. The van der Waals surface area contributed by atoms with Gasteiger partial charge in [-0.3, -0.25) is 4.90 Å². The molecule has 5 rings (SSSR count). The number of hydrogen-bond acceptors (Lipinski definition) is 5. The maximum absolute atomic E-state index is 12.7. The fourth-order valence-corrected chi connectivity index (χ4v) is 4.24. The van der Waals surface area contributed by atoms with E-state index in [4.69, 9.17) is 0 Å². The molecule has 0 radical (unpaired) electrons. The number of nitrogens with zero attached hydrogens (tertiary/aromatic N) is 4. The first kappa shape index (κ1) is 18.2. The quantitative estimate of drug-likeness (QED) is 0.693. The van der Waals surface area contributed by atoms with Crippen LogP contribution in [0.15, 0.2) is 36.5 Å². The van der Waals surface area contributed by atoms with Crippen LogP contribution in [-0.4, -0.2) is 52.1 Å². The van der Waals surface area contributed by atoms with Gasteiger partial charge in [-0.1, -0.05) is 0 Å². The molecule has 4 heterocycles. The minimum Gasteiger partial charge on any atom is -0.369 e. The number of alkyl halides is 3. The van der Waals surface area contributed by atoms with Crippen molar-refractivity contribution in [3.8, 4) is 0 Å². The van der Waals surface area contributed by atoms with Crippen LogP contribution in [0.2, 0.25) is 0 Å². The summed E-state index contributed by atoms with van der Waals surface area (Å²) < 4.78 is 38.0. The fraction of sp³-hybridized carbons (Fsp3) is 0.400. The Kier molecular flexibility index (Phi) is 4.34. The molecule has 2 N–H and O–H groups in total. The van der Waals surface area contributed by atoms with Crippen molar-refractivity contribution < 1.29 is 13.2 Å². The summed E-state index contributed by atoms with van der Waals surface area (Å²) in [4.78, 5) is 16.5. The third-order valence-corrected chi connectivity index (χ3v) is 5.76. The van der Waals surface area contributed by atoms with Crippen LogP contribution in [0.5, 0.6) is 0 Å². The lowest BCUT2D eigenvalue weighted by atomic mass is 10.1. The maximum Gasteiger partial charge on any atom is 0.417 e. The number of anilines is 3. The number of rotatable bonds is 3. The summed E-state index contributed by atoms with van der Waals surface area (Å²) in [6, 6.07) is 9.06. The van der Waals surface area contributed by atoms with E-state index in [1.807, 2.05) is 6.07 Å². The number of hydrogen-bond donors (Lipinski definition) is 2. The van der Waals surface area contributed by atoms with E-state index in [-0.39, 0.29) is 0 Å². The van der Waals surface area contributed by atoms with Gasteiger partial charge in [0.2, 0.25) is 5.95 Å². The van der Waals surface area contributed by atoms with E-state index in [9.17, 15) is 13.2 Å². The predicted molar refractivity (Wildman–Crippen MR) is 105 cm³/mol. The van der Waals surface area contributed by atoms with E-state index in [1.54, 1.807) is 0 Å². The summed E-state index contributed by atoms with van der Waals surface area (Å²) in [5.41, 5.74) is 2.06. The van der Waals surface area contributed by atoms with Crippen LogP contribution in [0.3, 0.4) is 0 Å². The molecule has 0 saturated carbocycles. The number of pyridine rings is 1. The van der Waals surface area contributed by atoms with Gasteiger partial charge < -0.3 is 15.2 Å². The van der Waals surface area contributed by atoms with Crippen LogP contribution in [0.4, 0.5) is 30.6 Å². The molecule has 0 bridgehead atoms. The summed E-state index contributed by atoms with van der Waals surface area (Å²) in [5, 5.41) is 2.94. The second kappa shape index (κ2) is 6.91. The van der Waals surface area contributed by atoms with Gasteiger partial charge in [0.15, 0.2) is 0 Å². The highest BCUT2D eigenvalue weighted by Gasteiger charge is 2.31. The van der Waals surface area contributed by atoms with Crippen LogP contribution in [0.25, 0.3) is 11.0 Å². The minimum absolute atomic E-state index is 0.301. The Labute approximate surface area is 165 Å². The summed E-state index contributed by atoms with van der Waals surface area (Å²) >= 11 is 0. The monoisotopic (exact) mass is 402 g/mol. The maximum atomic E-state index is 12.7. The highest BCUT2D eigenvalue weighted by Crippen LogP contribution is 2.30. The predicted octanol–water partition coefficient (Wildman–Crippen LogP) is 4.00. The molecule has 1 aromatic carbocycles. The van der Waals surface area contributed by atoms with Gasteiger partial charge in [-0.15, -0.1) is 0 Å².